The largest absolute Gasteiger partial charge is 0.481 e. The molecule has 0 aliphatic rings. The van der Waals surface area contributed by atoms with Gasteiger partial charge in [0.2, 0.25) is 0 Å². The third kappa shape index (κ3) is 11.5. The first-order valence-electron chi connectivity index (χ1n) is 6.59. The van der Waals surface area contributed by atoms with Crippen LogP contribution in [0, 0.1) is 11.3 Å². The number of allylic oxidation sites excluding steroid dienone is 1. The minimum atomic E-state index is -0.768. The second kappa shape index (κ2) is 9.34. The third-order valence-corrected chi connectivity index (χ3v) is 2.25. The van der Waals surface area contributed by atoms with Gasteiger partial charge in [0.25, 0.3) is 0 Å². The van der Waals surface area contributed by atoms with Crippen LogP contribution in [0.15, 0.2) is 24.3 Å². The summed E-state index contributed by atoms with van der Waals surface area (Å²) >= 11 is 0. The van der Waals surface area contributed by atoms with Gasteiger partial charge in [0.15, 0.2) is 0 Å². The standard InChI is InChI=1S/2C8H14O2/c1-6(2)5-8(3,4)7(9)10;1-6(2)5-10-8(9)7(3)4/h1,5H2,2-4H3,(H,9,10);7H,1,5H2,2-4H3. The average molecular weight is 284 g/mol. The van der Waals surface area contributed by atoms with Gasteiger partial charge in [-0.05, 0) is 39.7 Å². The van der Waals surface area contributed by atoms with Gasteiger partial charge < -0.3 is 9.84 Å². The lowest BCUT2D eigenvalue weighted by Gasteiger charge is -2.18. The van der Waals surface area contributed by atoms with Gasteiger partial charge in [0.1, 0.15) is 6.61 Å². The molecule has 0 aliphatic heterocycles. The number of carbonyl (C=O) groups is 2. The Morgan fingerprint density at radius 2 is 1.60 bits per heavy atom. The summed E-state index contributed by atoms with van der Waals surface area (Å²) in [6.07, 6.45) is 0.544. The maximum atomic E-state index is 10.8. The van der Waals surface area contributed by atoms with E-state index in [4.69, 9.17) is 9.84 Å². The number of hydrogen-bond acceptors (Lipinski definition) is 3. The second-order valence-corrected chi connectivity index (χ2v) is 6.04. The van der Waals surface area contributed by atoms with Crippen molar-refractivity contribution in [1.29, 1.82) is 0 Å². The summed E-state index contributed by atoms with van der Waals surface area (Å²) in [5.41, 5.74) is 1.12. The highest BCUT2D eigenvalue weighted by atomic mass is 16.5. The van der Waals surface area contributed by atoms with Crippen molar-refractivity contribution in [3.8, 4) is 0 Å². The summed E-state index contributed by atoms with van der Waals surface area (Å²) in [7, 11) is 0. The summed E-state index contributed by atoms with van der Waals surface area (Å²) in [4.78, 5) is 21.3. The summed E-state index contributed by atoms with van der Waals surface area (Å²) in [6, 6.07) is 0. The normalized spacial score (nSPS) is 10.3. The van der Waals surface area contributed by atoms with Crippen LogP contribution < -0.4 is 0 Å². The first-order valence-corrected chi connectivity index (χ1v) is 6.59. The van der Waals surface area contributed by atoms with Crippen LogP contribution in [-0.4, -0.2) is 23.7 Å². The van der Waals surface area contributed by atoms with Crippen LogP contribution in [0.4, 0.5) is 0 Å². The zero-order chi connectivity index (χ0) is 16.5. The summed E-state index contributed by atoms with van der Waals surface area (Å²) in [5.74, 6) is -0.974. The number of carbonyl (C=O) groups excluding carboxylic acids is 1. The molecule has 0 aromatic rings. The number of esters is 1. The SMILES string of the molecule is C=C(C)CC(C)(C)C(=O)O.C=C(C)COC(=O)C(C)C. The van der Waals surface area contributed by atoms with Gasteiger partial charge in [0, 0.05) is 0 Å². The lowest BCUT2D eigenvalue weighted by Crippen LogP contribution is -2.23. The van der Waals surface area contributed by atoms with Gasteiger partial charge in [-0.2, -0.15) is 0 Å². The maximum Gasteiger partial charge on any atom is 0.309 e. The van der Waals surface area contributed by atoms with E-state index >= 15 is 0 Å². The van der Waals surface area contributed by atoms with E-state index in [1.54, 1.807) is 27.7 Å². The Balaban J connectivity index is 0. The summed E-state index contributed by atoms with van der Waals surface area (Å²) in [6.45, 7) is 18.3. The van der Waals surface area contributed by atoms with E-state index < -0.39 is 11.4 Å². The Hall–Kier alpha value is -1.58. The van der Waals surface area contributed by atoms with Crippen molar-refractivity contribution in [2.24, 2.45) is 11.3 Å². The Kier molecular flexibility index (Phi) is 9.69. The lowest BCUT2D eigenvalue weighted by atomic mass is 9.87. The van der Waals surface area contributed by atoms with E-state index in [0.717, 1.165) is 11.1 Å². The molecule has 0 amide bonds. The van der Waals surface area contributed by atoms with Crippen LogP contribution in [0.25, 0.3) is 0 Å². The minimum Gasteiger partial charge on any atom is -0.481 e. The number of rotatable bonds is 6. The Morgan fingerprint density at radius 3 is 1.80 bits per heavy atom. The highest BCUT2D eigenvalue weighted by Gasteiger charge is 2.26. The fraction of sp³-hybridized carbons (Fsp3) is 0.625. The molecule has 0 radical (unpaired) electrons. The molecule has 0 aliphatic carbocycles. The van der Waals surface area contributed by atoms with Gasteiger partial charge >= 0.3 is 11.9 Å². The van der Waals surface area contributed by atoms with E-state index in [9.17, 15) is 9.59 Å². The zero-order valence-corrected chi connectivity index (χ0v) is 13.6. The summed E-state index contributed by atoms with van der Waals surface area (Å²) in [5, 5.41) is 8.65. The Labute approximate surface area is 122 Å². The predicted octanol–water partition coefficient (Wildman–Crippen LogP) is 3.83. The lowest BCUT2D eigenvalue weighted by molar-refractivity contribution is -0.147. The second-order valence-electron chi connectivity index (χ2n) is 6.04. The smallest absolute Gasteiger partial charge is 0.309 e. The molecule has 0 unspecified atom stereocenters. The van der Waals surface area contributed by atoms with Crippen molar-refractivity contribution >= 4 is 11.9 Å². The predicted molar refractivity (Wildman–Crippen MR) is 81.5 cm³/mol. The number of ether oxygens (including phenoxy) is 1. The Bertz CT molecular complexity index is 363. The van der Waals surface area contributed by atoms with E-state index in [1.807, 2.05) is 13.8 Å². The molecule has 4 nitrogen and oxygen atoms in total. The van der Waals surface area contributed by atoms with Crippen molar-refractivity contribution in [3.05, 3.63) is 24.3 Å². The van der Waals surface area contributed by atoms with E-state index in [-0.39, 0.29) is 11.9 Å². The molecular weight excluding hydrogens is 256 g/mol. The van der Waals surface area contributed by atoms with Gasteiger partial charge in [-0.15, -0.1) is 6.58 Å². The molecule has 116 valence electrons. The van der Waals surface area contributed by atoms with Gasteiger partial charge in [-0.3, -0.25) is 9.59 Å². The molecule has 0 saturated carbocycles. The van der Waals surface area contributed by atoms with Gasteiger partial charge in [0.05, 0.1) is 11.3 Å². The van der Waals surface area contributed by atoms with Crippen molar-refractivity contribution in [2.45, 2.75) is 48.0 Å². The molecule has 0 saturated heterocycles. The first-order chi connectivity index (χ1) is 8.90. The first kappa shape index (κ1) is 20.7. The maximum absolute atomic E-state index is 10.8. The molecular formula is C16H28O4. The van der Waals surface area contributed by atoms with Crippen molar-refractivity contribution in [2.75, 3.05) is 6.61 Å². The monoisotopic (exact) mass is 284 g/mol. The molecule has 4 heteroatoms. The third-order valence-electron chi connectivity index (χ3n) is 2.25. The fourth-order valence-corrected chi connectivity index (χ4v) is 1.19. The molecule has 0 aromatic heterocycles. The van der Waals surface area contributed by atoms with Crippen LogP contribution in [0.3, 0.4) is 0 Å². The topological polar surface area (TPSA) is 63.6 Å². The van der Waals surface area contributed by atoms with Crippen LogP contribution in [-0.2, 0) is 14.3 Å². The Morgan fingerprint density at radius 1 is 1.15 bits per heavy atom. The van der Waals surface area contributed by atoms with Crippen LogP contribution in [0.1, 0.15) is 48.0 Å². The van der Waals surface area contributed by atoms with Gasteiger partial charge in [-0.25, -0.2) is 0 Å². The molecule has 0 atom stereocenters. The molecule has 0 heterocycles. The van der Waals surface area contributed by atoms with E-state index in [0.29, 0.717) is 13.0 Å². The number of hydrogen-bond donors (Lipinski definition) is 1. The van der Waals surface area contributed by atoms with E-state index in [1.165, 1.54) is 0 Å². The van der Waals surface area contributed by atoms with E-state index in [2.05, 4.69) is 13.2 Å². The van der Waals surface area contributed by atoms with Crippen molar-refractivity contribution in [3.63, 3.8) is 0 Å². The minimum absolute atomic E-state index is 0.0423. The molecule has 0 bridgehead atoms. The molecule has 0 rings (SSSR count). The van der Waals surface area contributed by atoms with Gasteiger partial charge in [-0.1, -0.05) is 26.0 Å². The van der Waals surface area contributed by atoms with Crippen LogP contribution in [0.5, 0.6) is 0 Å². The molecule has 0 fully saturated rings. The quantitative estimate of drug-likeness (QED) is 0.595. The number of aliphatic carboxylic acids is 1. The zero-order valence-electron chi connectivity index (χ0n) is 13.6. The highest BCUT2D eigenvalue weighted by molar-refractivity contribution is 5.73. The fourth-order valence-electron chi connectivity index (χ4n) is 1.19. The van der Waals surface area contributed by atoms with Crippen LogP contribution in [0.2, 0.25) is 0 Å². The van der Waals surface area contributed by atoms with Crippen molar-refractivity contribution < 1.29 is 19.4 Å². The van der Waals surface area contributed by atoms with Crippen molar-refractivity contribution in [1.82, 2.24) is 0 Å². The molecule has 20 heavy (non-hydrogen) atoms. The average Bonchev–Trinajstić information content (AvgIpc) is 2.24. The molecule has 0 aromatic carbocycles. The number of carboxylic acid groups (broad SMARTS) is 1. The summed E-state index contributed by atoms with van der Waals surface area (Å²) < 4.78 is 4.83. The molecule has 0 spiro atoms. The highest BCUT2D eigenvalue weighted by Crippen LogP contribution is 2.23. The van der Waals surface area contributed by atoms with Crippen LogP contribution >= 0.6 is 0 Å². The number of carboxylic acids is 1. The molecule has 1 N–H and O–H groups in total.